The Kier molecular flexibility index (Phi) is 49.4. The summed E-state index contributed by atoms with van der Waals surface area (Å²) in [4.78, 5) is 78.9. The van der Waals surface area contributed by atoms with Gasteiger partial charge < -0.3 is 185 Å². The van der Waals surface area contributed by atoms with Crippen LogP contribution in [0, 0.1) is 0 Å². The summed E-state index contributed by atoms with van der Waals surface area (Å²) < 4.78 is 70.8. The number of carbonyl (C=O) groups excluding carboxylic acids is 4. The lowest BCUT2D eigenvalue weighted by molar-refractivity contribution is -0.390. The van der Waals surface area contributed by atoms with E-state index >= 15 is 0 Å². The number of hydrogen-bond donors (Lipinski definition) is 25. The molecule has 6 rings (SSSR count). The maximum absolute atomic E-state index is 13.8. The Bertz CT molecular complexity index is 3200. The molecule has 25 N–H and O–H groups in total. The second-order valence-electron chi connectivity index (χ2n) is 34.2. The minimum absolute atomic E-state index is 0.139. The minimum Gasteiger partial charge on any atom is -0.477 e. The fourth-order valence-electron chi connectivity index (χ4n) is 16.9. The van der Waals surface area contributed by atoms with E-state index in [4.69, 9.17) is 56.8 Å². The number of unbranched alkanes of at least 4 members (excludes halogenated alkanes) is 25. The van der Waals surface area contributed by atoms with Gasteiger partial charge in [-0.05, 0) is 19.3 Å². The molecule has 0 aromatic heterocycles. The highest BCUT2D eigenvalue weighted by Gasteiger charge is 2.64. The number of aliphatic carboxylic acids is 2. The first kappa shape index (κ1) is 111. The van der Waals surface area contributed by atoms with E-state index in [0.29, 0.717) is 12.8 Å². The highest BCUT2D eigenvalue weighted by Crippen LogP contribution is 2.42. The lowest BCUT2D eigenvalue weighted by Crippen LogP contribution is -2.72. The fourth-order valence-corrected chi connectivity index (χ4v) is 16.9. The van der Waals surface area contributed by atoms with Gasteiger partial charge in [0.25, 0.3) is 11.6 Å². The normalized spacial score (nSPS) is 35.1. The van der Waals surface area contributed by atoms with Crippen LogP contribution in [-0.2, 0) is 85.6 Å². The molecule has 0 aromatic rings. The maximum atomic E-state index is 13.8. The van der Waals surface area contributed by atoms with Crippen LogP contribution < -0.4 is 21.3 Å². The standard InChI is InChI=1S/C84H148N4O39/c1-6-8-10-12-14-16-18-20-21-23-25-27-29-31-33-35-58(102)88-48(49(98)34-32-30-28-26-24-22-19-17-15-13-11-9-7-2)44-116-78-68(109)67(108)71(57(43-94)120-78)121-79-69(110)75(64(105)54(40-91)118-79)123-77-61(87-47(5)97)72(63(104)53(39-90)117-77)122-80-70(111)76(65(106)55(41-92)119-80)127-84(82(114)115)37-51(100)60(86-46(4)96)74(126-84)66(107)56(42-93)124-83(81(112)113)36-50(99)59(85-45(3)95)73(125-83)62(103)52(101)38-89/h32,34,48-57,59-80,89-94,98-101,103-111H,6-31,33,35-44H2,1-5H3,(H,85,95)(H,86,96)(H,87,97)(H,88,102)(H,112,113)(H,114,115)/b34-32+/t48-,49+,50?,51?,52+,53?,54?,55?,56+,57?,59+,60+,61?,62+,63+,64-,65-,66+,67+,68?,69?,70?,71+,72+,73?,74?,75-,76-,77-,78+,79-,80-,83+,84-/m0/s1. The number of aliphatic hydroxyl groups excluding tert-OH is 19. The van der Waals surface area contributed by atoms with Crippen molar-refractivity contribution >= 4 is 35.6 Å². The van der Waals surface area contributed by atoms with Gasteiger partial charge in [0.2, 0.25) is 23.6 Å². The van der Waals surface area contributed by atoms with Crippen molar-refractivity contribution in [2.24, 2.45) is 0 Å². The van der Waals surface area contributed by atoms with Crippen LogP contribution in [0.5, 0.6) is 0 Å². The molecule has 6 aliphatic heterocycles. The topological polar surface area (TPSA) is 686 Å². The molecule has 0 bridgehead atoms. The Labute approximate surface area is 740 Å². The molecule has 6 fully saturated rings. The van der Waals surface area contributed by atoms with Crippen LogP contribution in [0.25, 0.3) is 0 Å². The van der Waals surface area contributed by atoms with Crippen molar-refractivity contribution in [3.8, 4) is 0 Å². The predicted molar refractivity (Wildman–Crippen MR) is 440 cm³/mol. The van der Waals surface area contributed by atoms with Crippen LogP contribution in [-0.4, -0.2) is 396 Å². The molecule has 6 heterocycles. The van der Waals surface area contributed by atoms with Crippen LogP contribution in [0.3, 0.4) is 0 Å². The Hall–Kier alpha value is -4.68. The summed E-state index contributed by atoms with van der Waals surface area (Å²) in [5, 5.41) is 247. The number of aliphatic hydroxyl groups is 19. The van der Waals surface area contributed by atoms with E-state index < -0.39 is 296 Å². The molecular formula is C84H148N4O39. The third-order valence-electron chi connectivity index (χ3n) is 24.1. The zero-order chi connectivity index (χ0) is 93.8. The summed E-state index contributed by atoms with van der Waals surface area (Å²) in [6.07, 6.45) is -29.6. The molecule has 127 heavy (non-hydrogen) atoms. The van der Waals surface area contributed by atoms with E-state index in [0.717, 1.165) is 78.6 Å². The predicted octanol–water partition coefficient (Wildman–Crippen LogP) is -3.87. The first-order chi connectivity index (χ1) is 60.6. The van der Waals surface area contributed by atoms with Crippen molar-refractivity contribution in [2.45, 2.75) is 435 Å². The van der Waals surface area contributed by atoms with Gasteiger partial charge in [0.1, 0.15) is 134 Å². The first-order valence-corrected chi connectivity index (χ1v) is 45.2. The average Bonchev–Trinajstić information content (AvgIpc) is 0.751. The summed E-state index contributed by atoms with van der Waals surface area (Å²) >= 11 is 0. The molecule has 34 atom stereocenters. The molecule has 0 spiro atoms. The number of hydrogen-bond acceptors (Lipinski definition) is 37. The maximum Gasteiger partial charge on any atom is 0.364 e. The first-order valence-electron chi connectivity index (χ1n) is 45.2. The van der Waals surface area contributed by atoms with Crippen molar-refractivity contribution in [3.63, 3.8) is 0 Å². The summed E-state index contributed by atoms with van der Waals surface area (Å²) in [5.74, 6) is -14.6. The Morgan fingerprint density at radius 3 is 1.28 bits per heavy atom. The molecule has 0 aliphatic carbocycles. The number of carboxylic acid groups (broad SMARTS) is 2. The van der Waals surface area contributed by atoms with E-state index in [1.807, 2.05) is 6.08 Å². The molecule has 0 aromatic carbocycles. The van der Waals surface area contributed by atoms with Gasteiger partial charge in [-0.1, -0.05) is 180 Å². The van der Waals surface area contributed by atoms with Crippen molar-refractivity contribution in [2.75, 3.05) is 46.2 Å². The molecule has 6 saturated heterocycles. The lowest BCUT2D eigenvalue weighted by Gasteiger charge is -2.52. The molecule has 4 amide bonds. The third kappa shape index (κ3) is 32.6. The van der Waals surface area contributed by atoms with E-state index in [1.54, 1.807) is 6.08 Å². The molecule has 6 aliphatic rings. The second-order valence-corrected chi connectivity index (χ2v) is 34.2. The number of nitrogens with one attached hydrogen (secondary N) is 4. The largest absolute Gasteiger partial charge is 0.477 e. The van der Waals surface area contributed by atoms with Crippen LogP contribution in [0.1, 0.15) is 227 Å². The van der Waals surface area contributed by atoms with Gasteiger partial charge in [-0.15, -0.1) is 0 Å². The molecular weight excluding hydrogens is 1690 g/mol. The number of ether oxygens (including phenoxy) is 12. The van der Waals surface area contributed by atoms with Gasteiger partial charge in [0, 0.05) is 40.0 Å². The molecule has 43 heteroatoms. The van der Waals surface area contributed by atoms with Crippen LogP contribution in [0.2, 0.25) is 0 Å². The van der Waals surface area contributed by atoms with Crippen LogP contribution >= 0.6 is 0 Å². The number of amides is 4. The number of rotatable bonds is 59. The quantitative estimate of drug-likeness (QED) is 0.0205. The van der Waals surface area contributed by atoms with Crippen molar-refractivity contribution in [1.82, 2.24) is 21.3 Å². The van der Waals surface area contributed by atoms with E-state index in [1.165, 1.54) is 103 Å². The molecule has 0 saturated carbocycles. The highest BCUT2D eigenvalue weighted by molar-refractivity contribution is 5.78. The molecule has 12 unspecified atom stereocenters. The van der Waals surface area contributed by atoms with Gasteiger partial charge in [0.05, 0.1) is 82.7 Å². The van der Waals surface area contributed by atoms with Gasteiger partial charge in [0.15, 0.2) is 25.2 Å². The van der Waals surface area contributed by atoms with Gasteiger partial charge in [-0.2, -0.15) is 0 Å². The summed E-state index contributed by atoms with van der Waals surface area (Å²) in [5.41, 5.74) is 0. The highest BCUT2D eigenvalue weighted by atomic mass is 16.8. The monoisotopic (exact) mass is 1840 g/mol. The van der Waals surface area contributed by atoms with E-state index in [-0.39, 0.29) is 12.3 Å². The van der Waals surface area contributed by atoms with E-state index in [9.17, 15) is 136 Å². The Balaban J connectivity index is 1.18. The lowest BCUT2D eigenvalue weighted by atomic mass is 9.87. The van der Waals surface area contributed by atoms with Crippen molar-refractivity contribution in [1.29, 1.82) is 0 Å². The van der Waals surface area contributed by atoms with Gasteiger partial charge in [-0.25, -0.2) is 9.59 Å². The average molecular weight is 1840 g/mol. The summed E-state index contributed by atoms with van der Waals surface area (Å²) in [6, 6.07) is -6.91. The van der Waals surface area contributed by atoms with Gasteiger partial charge >= 0.3 is 11.9 Å². The molecule has 738 valence electrons. The van der Waals surface area contributed by atoms with Gasteiger partial charge in [-0.3, -0.25) is 19.2 Å². The number of allylic oxidation sites excluding steroid dienone is 1. The van der Waals surface area contributed by atoms with Crippen LogP contribution in [0.4, 0.5) is 0 Å². The van der Waals surface area contributed by atoms with Crippen molar-refractivity contribution < 1.29 is 193 Å². The Morgan fingerprint density at radius 1 is 0.425 bits per heavy atom. The zero-order valence-corrected chi connectivity index (χ0v) is 73.5. The smallest absolute Gasteiger partial charge is 0.364 e. The number of carboxylic acids is 2. The summed E-state index contributed by atoms with van der Waals surface area (Å²) in [6.45, 7) is -0.592. The molecule has 43 nitrogen and oxygen atoms in total. The second kappa shape index (κ2) is 56.5. The third-order valence-corrected chi connectivity index (χ3v) is 24.1. The number of carbonyl (C=O) groups is 6. The SMILES string of the molecule is CCCCCCCCCCCCC/C=C/[C@@H](O)[C@H](CO[C@@H]1OC(CO)[C@@H](O[C@@H]2OC(CO)[C@H](O)[C@H](O[C@@H]3OC(CO)[C@@H](O)[C@H](O[C@@H]4OC(CO)[C@H](O)[C@H](O[C@]5(C(=O)O)CC(O)[C@@H](NC(C)=O)C([C@H](O)[C@@H](CO)O[C@]6(C(=O)O)CC(O)[C@@H](NC(C)=O)C([C@H](O)[C@H](O)CO)O6)O5)C4O)C3NC(C)=O)C2O)[C@H](O)C1O)NC(=O)CCCCCCCCCCCCCCCCC. The fraction of sp³-hybridized carbons (Fsp3) is 0.905. The molecule has 0 radical (unpaired) electrons. The summed E-state index contributed by atoms with van der Waals surface area (Å²) in [7, 11) is 0. The van der Waals surface area contributed by atoms with Crippen LogP contribution in [0.15, 0.2) is 12.2 Å². The van der Waals surface area contributed by atoms with Crippen molar-refractivity contribution in [3.05, 3.63) is 12.2 Å². The van der Waals surface area contributed by atoms with E-state index in [2.05, 4.69) is 35.1 Å². The zero-order valence-electron chi connectivity index (χ0n) is 73.5. The minimum atomic E-state index is -3.53. The Morgan fingerprint density at radius 2 is 0.819 bits per heavy atom.